The minimum atomic E-state index is 0.220. The number of hydrogen-bond acceptors (Lipinski definition) is 4. The Morgan fingerprint density at radius 1 is 1.14 bits per heavy atom. The molecular formula is C17H27N3OS. The van der Waals surface area contributed by atoms with E-state index in [4.69, 9.17) is 5.73 Å². The van der Waals surface area contributed by atoms with Gasteiger partial charge >= 0.3 is 0 Å². The van der Waals surface area contributed by atoms with Gasteiger partial charge in [-0.25, -0.2) is 0 Å². The number of hydrogen-bond donors (Lipinski definition) is 1. The van der Waals surface area contributed by atoms with Gasteiger partial charge in [-0.3, -0.25) is 4.79 Å². The van der Waals surface area contributed by atoms with Gasteiger partial charge in [0.05, 0.1) is 4.88 Å². The summed E-state index contributed by atoms with van der Waals surface area (Å²) >= 11 is 1.55. The van der Waals surface area contributed by atoms with E-state index in [9.17, 15) is 4.79 Å². The van der Waals surface area contributed by atoms with Gasteiger partial charge in [0.2, 0.25) is 0 Å². The molecule has 0 bridgehead atoms. The van der Waals surface area contributed by atoms with Crippen LogP contribution in [-0.2, 0) is 0 Å². The molecule has 1 amide bonds. The van der Waals surface area contributed by atoms with Crippen LogP contribution in [0.3, 0.4) is 0 Å². The predicted octanol–water partition coefficient (Wildman–Crippen LogP) is 2.27. The Labute approximate surface area is 137 Å². The zero-order chi connectivity index (χ0) is 15.4. The molecule has 122 valence electrons. The Bertz CT molecular complexity index is 460. The Kier molecular flexibility index (Phi) is 5.50. The van der Waals surface area contributed by atoms with E-state index >= 15 is 0 Å². The van der Waals surface area contributed by atoms with Crippen molar-refractivity contribution in [1.82, 2.24) is 9.80 Å². The fraction of sp³-hybridized carbons (Fsp3) is 0.706. The molecule has 0 unspecified atom stereocenters. The largest absolute Gasteiger partial charge is 0.338 e. The SMILES string of the molecule is NCC1CCN(CC2CCN(C(=O)c3cccs3)CC2)CC1. The first-order valence-electron chi connectivity index (χ1n) is 8.51. The summed E-state index contributed by atoms with van der Waals surface area (Å²) in [5, 5.41) is 1.98. The molecule has 0 atom stereocenters. The molecule has 3 rings (SSSR count). The number of carbonyl (C=O) groups excluding carboxylic acids is 1. The second-order valence-electron chi connectivity index (χ2n) is 6.69. The predicted molar refractivity (Wildman–Crippen MR) is 91.2 cm³/mol. The third-order valence-electron chi connectivity index (χ3n) is 5.19. The van der Waals surface area contributed by atoms with E-state index in [0.29, 0.717) is 0 Å². The number of nitrogens with zero attached hydrogens (tertiary/aromatic N) is 2. The molecule has 2 saturated heterocycles. The molecule has 0 aromatic carbocycles. The number of amides is 1. The topological polar surface area (TPSA) is 49.6 Å². The molecule has 0 spiro atoms. The van der Waals surface area contributed by atoms with Gasteiger partial charge in [-0.1, -0.05) is 6.07 Å². The number of thiophene rings is 1. The van der Waals surface area contributed by atoms with Gasteiger partial charge in [-0.15, -0.1) is 11.3 Å². The Morgan fingerprint density at radius 2 is 1.82 bits per heavy atom. The Balaban J connectivity index is 1.41. The summed E-state index contributed by atoms with van der Waals surface area (Å²) in [5.41, 5.74) is 5.76. The van der Waals surface area contributed by atoms with Crippen LogP contribution in [0.1, 0.15) is 35.4 Å². The van der Waals surface area contributed by atoms with E-state index in [1.807, 2.05) is 22.4 Å². The fourth-order valence-electron chi connectivity index (χ4n) is 3.64. The lowest BCUT2D eigenvalue weighted by molar-refractivity contribution is 0.0657. The first kappa shape index (κ1) is 16.0. The molecule has 3 heterocycles. The summed E-state index contributed by atoms with van der Waals surface area (Å²) in [6.45, 7) is 6.29. The molecule has 2 aliphatic rings. The first-order chi connectivity index (χ1) is 10.8. The van der Waals surface area contributed by atoms with Crippen molar-refractivity contribution in [3.8, 4) is 0 Å². The van der Waals surface area contributed by atoms with Gasteiger partial charge in [-0.2, -0.15) is 0 Å². The van der Waals surface area contributed by atoms with Gasteiger partial charge < -0.3 is 15.5 Å². The minimum Gasteiger partial charge on any atom is -0.338 e. The van der Waals surface area contributed by atoms with Crippen LogP contribution >= 0.6 is 11.3 Å². The van der Waals surface area contributed by atoms with Crippen LogP contribution in [0, 0.1) is 11.8 Å². The molecule has 22 heavy (non-hydrogen) atoms. The van der Waals surface area contributed by atoms with Crippen LogP contribution in [0.4, 0.5) is 0 Å². The standard InChI is InChI=1S/C17H27N3OS/c18-12-14-3-7-19(8-4-14)13-15-5-9-20(10-6-15)17(21)16-2-1-11-22-16/h1-2,11,14-15H,3-10,12-13,18H2. The monoisotopic (exact) mass is 321 g/mol. The van der Waals surface area contributed by atoms with E-state index in [-0.39, 0.29) is 5.91 Å². The Hall–Kier alpha value is -0.910. The minimum absolute atomic E-state index is 0.220. The summed E-state index contributed by atoms with van der Waals surface area (Å²) < 4.78 is 0. The van der Waals surface area contributed by atoms with E-state index in [1.54, 1.807) is 11.3 Å². The van der Waals surface area contributed by atoms with Gasteiger partial charge in [0.25, 0.3) is 5.91 Å². The van der Waals surface area contributed by atoms with Gasteiger partial charge in [0, 0.05) is 19.6 Å². The van der Waals surface area contributed by atoms with Crippen LogP contribution in [0.15, 0.2) is 17.5 Å². The molecule has 1 aromatic heterocycles. The van der Waals surface area contributed by atoms with Crippen molar-refractivity contribution in [2.45, 2.75) is 25.7 Å². The molecule has 2 fully saturated rings. The zero-order valence-electron chi connectivity index (χ0n) is 13.2. The lowest BCUT2D eigenvalue weighted by atomic mass is 9.93. The maximum Gasteiger partial charge on any atom is 0.263 e. The molecule has 1 aromatic rings. The van der Waals surface area contributed by atoms with Crippen molar-refractivity contribution >= 4 is 17.2 Å². The summed E-state index contributed by atoms with van der Waals surface area (Å²) in [7, 11) is 0. The molecule has 0 saturated carbocycles. The molecule has 0 radical (unpaired) electrons. The van der Waals surface area contributed by atoms with E-state index < -0.39 is 0 Å². The highest BCUT2D eigenvalue weighted by Gasteiger charge is 2.26. The van der Waals surface area contributed by atoms with E-state index in [2.05, 4.69) is 4.90 Å². The van der Waals surface area contributed by atoms with E-state index in [0.717, 1.165) is 49.2 Å². The van der Waals surface area contributed by atoms with E-state index in [1.165, 1.54) is 32.5 Å². The van der Waals surface area contributed by atoms with Gasteiger partial charge in [0.1, 0.15) is 0 Å². The highest BCUT2D eigenvalue weighted by molar-refractivity contribution is 7.12. The first-order valence-corrected chi connectivity index (χ1v) is 9.39. The molecule has 2 N–H and O–H groups in total. The van der Waals surface area contributed by atoms with Crippen molar-refractivity contribution in [3.63, 3.8) is 0 Å². The smallest absolute Gasteiger partial charge is 0.263 e. The van der Waals surface area contributed by atoms with Gasteiger partial charge in [-0.05, 0) is 68.6 Å². The summed E-state index contributed by atoms with van der Waals surface area (Å²) in [5.74, 6) is 1.71. The average molecular weight is 321 g/mol. The quantitative estimate of drug-likeness (QED) is 0.925. The van der Waals surface area contributed by atoms with Crippen molar-refractivity contribution in [1.29, 1.82) is 0 Å². The van der Waals surface area contributed by atoms with Crippen LogP contribution in [0.2, 0.25) is 0 Å². The molecule has 4 nitrogen and oxygen atoms in total. The second kappa shape index (κ2) is 7.57. The number of likely N-dealkylation sites (tertiary alicyclic amines) is 2. The summed E-state index contributed by atoms with van der Waals surface area (Å²) in [6.07, 6.45) is 4.81. The molecular weight excluding hydrogens is 294 g/mol. The van der Waals surface area contributed by atoms with Crippen molar-refractivity contribution in [3.05, 3.63) is 22.4 Å². The molecule has 2 aliphatic heterocycles. The fourth-order valence-corrected chi connectivity index (χ4v) is 4.34. The number of nitrogens with two attached hydrogens (primary N) is 1. The highest BCUT2D eigenvalue weighted by Crippen LogP contribution is 2.23. The molecule has 5 heteroatoms. The maximum absolute atomic E-state index is 12.3. The summed E-state index contributed by atoms with van der Waals surface area (Å²) in [4.78, 5) is 17.9. The van der Waals surface area contributed by atoms with Gasteiger partial charge in [0.15, 0.2) is 0 Å². The highest BCUT2D eigenvalue weighted by atomic mass is 32.1. The average Bonchev–Trinajstić information content (AvgIpc) is 3.10. The third kappa shape index (κ3) is 3.89. The normalized spacial score (nSPS) is 22.1. The van der Waals surface area contributed by atoms with Crippen molar-refractivity contribution in [2.75, 3.05) is 39.3 Å². The summed E-state index contributed by atoms with van der Waals surface area (Å²) in [6, 6.07) is 3.89. The second-order valence-corrected chi connectivity index (χ2v) is 7.64. The lowest BCUT2D eigenvalue weighted by Crippen LogP contribution is -2.43. The zero-order valence-corrected chi connectivity index (χ0v) is 14.1. The van der Waals surface area contributed by atoms with Crippen molar-refractivity contribution < 1.29 is 4.79 Å². The lowest BCUT2D eigenvalue weighted by Gasteiger charge is -2.37. The van der Waals surface area contributed by atoms with Crippen LogP contribution < -0.4 is 5.73 Å². The number of piperidine rings is 2. The van der Waals surface area contributed by atoms with Crippen LogP contribution in [0.5, 0.6) is 0 Å². The molecule has 0 aliphatic carbocycles. The maximum atomic E-state index is 12.3. The number of carbonyl (C=O) groups is 1. The van der Waals surface area contributed by atoms with Crippen LogP contribution in [-0.4, -0.2) is 55.0 Å². The Morgan fingerprint density at radius 3 is 2.41 bits per heavy atom. The number of rotatable bonds is 4. The van der Waals surface area contributed by atoms with Crippen molar-refractivity contribution in [2.24, 2.45) is 17.6 Å². The third-order valence-corrected chi connectivity index (χ3v) is 6.05. The van der Waals surface area contributed by atoms with Crippen LogP contribution in [0.25, 0.3) is 0 Å².